The SMILES string of the molecule is CCCN(CCN(CCC(C)CC)CC(=O)O)C(CCC(=O)N1CCN(CCCN(C)c2ccc3nccc(C(=O)NCC(=O)N4CCC(F)(P)C4)c3c2)CC1)C(=O)O. The van der Waals surface area contributed by atoms with Gasteiger partial charge in [0.1, 0.15) is 11.5 Å². The minimum absolute atomic E-state index is 0.00880. The molecule has 1 aromatic carbocycles. The smallest absolute Gasteiger partial charge is 0.320 e. The summed E-state index contributed by atoms with van der Waals surface area (Å²) >= 11 is 0. The van der Waals surface area contributed by atoms with E-state index in [4.69, 9.17) is 0 Å². The predicted molar refractivity (Wildman–Crippen MR) is 230 cm³/mol. The molecule has 2 saturated heterocycles. The largest absolute Gasteiger partial charge is 0.480 e. The van der Waals surface area contributed by atoms with E-state index < -0.39 is 29.3 Å². The van der Waals surface area contributed by atoms with E-state index in [0.717, 1.165) is 57.5 Å². The quantitative estimate of drug-likeness (QED) is 0.132. The lowest BCUT2D eigenvalue weighted by Gasteiger charge is -2.36. The number of pyridine rings is 1. The van der Waals surface area contributed by atoms with Crippen LogP contribution < -0.4 is 10.2 Å². The van der Waals surface area contributed by atoms with Crippen LogP contribution in [-0.4, -0.2) is 179 Å². The Morgan fingerprint density at radius 1 is 0.949 bits per heavy atom. The number of piperazine rings is 1. The average Bonchev–Trinajstić information content (AvgIpc) is 3.59. The molecule has 4 unspecified atom stereocenters. The number of benzene rings is 1. The highest BCUT2D eigenvalue weighted by molar-refractivity contribution is 7.18. The van der Waals surface area contributed by atoms with Gasteiger partial charge in [0.15, 0.2) is 0 Å². The van der Waals surface area contributed by atoms with Gasteiger partial charge in [-0.25, -0.2) is 4.39 Å². The number of aromatic nitrogens is 1. The van der Waals surface area contributed by atoms with Gasteiger partial charge in [-0.05, 0) is 75.5 Å². The van der Waals surface area contributed by atoms with Crippen LogP contribution in [0.4, 0.5) is 10.1 Å². The molecular formula is C42H66FN8O7P. The van der Waals surface area contributed by atoms with E-state index in [0.29, 0.717) is 68.2 Å². The maximum absolute atomic E-state index is 14.2. The molecule has 59 heavy (non-hydrogen) atoms. The summed E-state index contributed by atoms with van der Waals surface area (Å²) in [6.45, 7) is 12.5. The van der Waals surface area contributed by atoms with Gasteiger partial charge >= 0.3 is 11.9 Å². The number of hydrogen-bond acceptors (Lipinski definition) is 10. The van der Waals surface area contributed by atoms with E-state index >= 15 is 0 Å². The van der Waals surface area contributed by atoms with Gasteiger partial charge in [0.05, 0.1) is 30.7 Å². The van der Waals surface area contributed by atoms with Crippen molar-refractivity contribution in [3.63, 3.8) is 0 Å². The lowest BCUT2D eigenvalue weighted by molar-refractivity contribution is -0.145. The Balaban J connectivity index is 1.22. The second kappa shape index (κ2) is 23.1. The Bertz CT molecular complexity index is 1730. The molecule has 0 aliphatic carbocycles. The first kappa shape index (κ1) is 47.7. The fraction of sp³-hybridized carbons (Fsp3) is 0.667. The van der Waals surface area contributed by atoms with Gasteiger partial charge in [-0.1, -0.05) is 36.4 Å². The van der Waals surface area contributed by atoms with E-state index in [2.05, 4.69) is 43.2 Å². The molecule has 0 radical (unpaired) electrons. The summed E-state index contributed by atoms with van der Waals surface area (Å²) in [5.41, 5.74) is 1.98. The summed E-state index contributed by atoms with van der Waals surface area (Å²) in [6, 6.07) is 6.56. The highest BCUT2D eigenvalue weighted by Crippen LogP contribution is 2.31. The van der Waals surface area contributed by atoms with Crippen molar-refractivity contribution in [3.8, 4) is 0 Å². The van der Waals surface area contributed by atoms with Crippen LogP contribution in [0.1, 0.15) is 76.1 Å². The second-order valence-corrected chi connectivity index (χ2v) is 17.3. The Hall–Kier alpha value is -3.98. The monoisotopic (exact) mass is 844 g/mol. The summed E-state index contributed by atoms with van der Waals surface area (Å²) in [4.78, 5) is 78.9. The fourth-order valence-electron chi connectivity index (χ4n) is 7.75. The minimum Gasteiger partial charge on any atom is -0.480 e. The Morgan fingerprint density at radius 3 is 2.34 bits per heavy atom. The molecular weight excluding hydrogens is 778 g/mol. The van der Waals surface area contributed by atoms with Gasteiger partial charge in [-0.2, -0.15) is 0 Å². The number of rotatable bonds is 24. The van der Waals surface area contributed by atoms with Crippen LogP contribution in [0.25, 0.3) is 10.9 Å². The van der Waals surface area contributed by atoms with Crippen molar-refractivity contribution in [3.05, 3.63) is 36.0 Å². The molecule has 0 bridgehead atoms. The summed E-state index contributed by atoms with van der Waals surface area (Å²) in [5, 5.41) is 21.5. The standard InChI is InChI=1S/C42H66FN8O7P/c1-5-16-49(24-23-48(29-39(54)55)19-13-31(3)6-2)36(41(57)58)10-11-37(52)50-25-21-47(22-26-50)18-7-17-46(4)32-8-9-35-34(27-32)33(12-15-44-35)40(56)45-28-38(53)51-20-14-42(43,59)30-51/h8-9,12,15,27,31,36H,5-7,10-11,13-14,16-26,28-30,59H2,1-4H3,(H,45,56)(H,54,55)(H,57,58). The third-order valence-corrected chi connectivity index (χ3v) is 12.1. The second-order valence-electron chi connectivity index (χ2n) is 16.2. The summed E-state index contributed by atoms with van der Waals surface area (Å²) < 4.78 is 14.2. The highest BCUT2D eigenvalue weighted by Gasteiger charge is 2.36. The number of carbonyl (C=O) groups excluding carboxylic acids is 3. The highest BCUT2D eigenvalue weighted by atomic mass is 31.0. The van der Waals surface area contributed by atoms with Crippen LogP contribution in [0.2, 0.25) is 0 Å². The van der Waals surface area contributed by atoms with Gasteiger partial charge in [0.25, 0.3) is 5.91 Å². The van der Waals surface area contributed by atoms with Gasteiger partial charge in [0, 0.05) is 89.5 Å². The zero-order valence-electron chi connectivity index (χ0n) is 35.4. The van der Waals surface area contributed by atoms with Crippen molar-refractivity contribution in [2.45, 2.75) is 77.2 Å². The molecule has 17 heteroatoms. The number of carboxylic acids is 2. The minimum atomic E-state index is -1.49. The van der Waals surface area contributed by atoms with Crippen molar-refractivity contribution < 1.29 is 38.6 Å². The molecule has 1 aromatic heterocycles. The van der Waals surface area contributed by atoms with Crippen molar-refractivity contribution in [1.82, 2.24) is 34.8 Å². The molecule has 3 amide bonds. The van der Waals surface area contributed by atoms with E-state index in [1.165, 1.54) is 4.90 Å². The fourth-order valence-corrected chi connectivity index (χ4v) is 8.10. The van der Waals surface area contributed by atoms with Crippen LogP contribution in [0, 0.1) is 5.92 Å². The lowest BCUT2D eigenvalue weighted by atomic mass is 10.1. The van der Waals surface area contributed by atoms with Gasteiger partial charge in [0.2, 0.25) is 11.8 Å². The number of hydrogen-bond donors (Lipinski definition) is 3. The first-order valence-corrected chi connectivity index (χ1v) is 21.7. The number of anilines is 1. The van der Waals surface area contributed by atoms with Gasteiger partial charge < -0.3 is 30.2 Å². The average molecular weight is 845 g/mol. The summed E-state index contributed by atoms with van der Waals surface area (Å²) in [7, 11) is 4.14. The molecule has 15 nitrogen and oxygen atoms in total. The lowest BCUT2D eigenvalue weighted by Crippen LogP contribution is -2.50. The molecule has 2 aliphatic rings. The normalized spacial score (nSPS) is 18.4. The number of amides is 3. The van der Waals surface area contributed by atoms with Crippen LogP contribution in [-0.2, 0) is 19.2 Å². The summed E-state index contributed by atoms with van der Waals surface area (Å²) in [6.07, 6.45) is 5.65. The first-order chi connectivity index (χ1) is 28.1. The van der Waals surface area contributed by atoms with Gasteiger partial charge in [-0.15, -0.1) is 0 Å². The van der Waals surface area contributed by atoms with E-state index in [1.54, 1.807) is 12.3 Å². The maximum atomic E-state index is 14.2. The first-order valence-electron chi connectivity index (χ1n) is 21.2. The van der Waals surface area contributed by atoms with Crippen LogP contribution >= 0.6 is 9.24 Å². The topological polar surface area (TPSA) is 170 Å². The Morgan fingerprint density at radius 2 is 1.69 bits per heavy atom. The maximum Gasteiger partial charge on any atom is 0.320 e. The molecule has 3 heterocycles. The van der Waals surface area contributed by atoms with E-state index in [9.17, 15) is 38.6 Å². The zero-order chi connectivity index (χ0) is 43.1. The van der Waals surface area contributed by atoms with Crippen LogP contribution in [0.5, 0.6) is 0 Å². The van der Waals surface area contributed by atoms with Gasteiger partial charge in [-0.3, -0.25) is 43.7 Å². The van der Waals surface area contributed by atoms with Crippen molar-refractivity contribution in [1.29, 1.82) is 0 Å². The molecule has 2 fully saturated rings. The number of likely N-dealkylation sites (tertiary alicyclic amines) is 1. The predicted octanol–water partition coefficient (Wildman–Crippen LogP) is 3.48. The number of halogens is 1. The third kappa shape index (κ3) is 14.9. The molecule has 0 saturated carbocycles. The number of alkyl halides is 1. The van der Waals surface area contributed by atoms with Crippen LogP contribution in [0.3, 0.4) is 0 Å². The van der Waals surface area contributed by atoms with Crippen LogP contribution in [0.15, 0.2) is 30.5 Å². The molecule has 3 N–H and O–H groups in total. The third-order valence-electron chi connectivity index (χ3n) is 11.7. The summed E-state index contributed by atoms with van der Waals surface area (Å²) in [5.74, 6) is -2.16. The molecule has 2 aromatic rings. The number of nitrogens with zero attached hydrogens (tertiary/aromatic N) is 7. The molecule has 0 spiro atoms. The molecule has 4 rings (SSSR count). The Labute approximate surface area is 350 Å². The number of aliphatic carboxylic acids is 2. The van der Waals surface area contributed by atoms with Crippen molar-refractivity contribution in [2.75, 3.05) is 104 Å². The van der Waals surface area contributed by atoms with E-state index in [1.807, 2.05) is 46.9 Å². The Kier molecular flexibility index (Phi) is 18.7. The number of carbonyl (C=O) groups is 5. The van der Waals surface area contributed by atoms with E-state index in [-0.39, 0.29) is 50.7 Å². The number of fused-ring (bicyclic) bond motifs is 1. The zero-order valence-corrected chi connectivity index (χ0v) is 36.6. The number of carboxylic acid groups (broad SMARTS) is 2. The van der Waals surface area contributed by atoms with Crippen molar-refractivity contribution >= 4 is 55.5 Å². The van der Waals surface area contributed by atoms with Crippen molar-refractivity contribution in [2.24, 2.45) is 5.92 Å². The molecule has 328 valence electrons. The molecule has 2 aliphatic heterocycles. The number of nitrogens with one attached hydrogen (secondary N) is 1. The molecule has 4 atom stereocenters.